The van der Waals surface area contributed by atoms with Gasteiger partial charge in [-0.25, -0.2) is 4.79 Å². The highest BCUT2D eigenvalue weighted by Crippen LogP contribution is 2.28. The minimum absolute atomic E-state index is 0.169. The molecule has 2 aromatic rings. The number of esters is 1. The summed E-state index contributed by atoms with van der Waals surface area (Å²) >= 11 is 9.17. The Hall–Kier alpha value is -1.40. The Morgan fingerprint density at radius 1 is 1.50 bits per heavy atom. The van der Waals surface area contributed by atoms with Crippen LogP contribution < -0.4 is 0 Å². The number of nitrogens with zero attached hydrogens (tertiary/aromatic N) is 2. The van der Waals surface area contributed by atoms with Gasteiger partial charge in [0.1, 0.15) is 0 Å². The first-order valence-electron chi connectivity index (χ1n) is 5.08. The lowest BCUT2D eigenvalue weighted by Gasteiger charge is -1.98. The zero-order valence-corrected chi connectivity index (χ0v) is 11.7. The molecule has 18 heavy (non-hydrogen) atoms. The first kappa shape index (κ1) is 13.0. The van der Waals surface area contributed by atoms with E-state index < -0.39 is 5.97 Å². The molecule has 0 radical (unpaired) electrons. The Morgan fingerprint density at radius 3 is 2.94 bits per heavy atom. The molecule has 0 saturated heterocycles. The van der Waals surface area contributed by atoms with E-state index in [9.17, 15) is 4.79 Å². The van der Waals surface area contributed by atoms with Crippen molar-refractivity contribution in [1.82, 2.24) is 10.2 Å². The van der Waals surface area contributed by atoms with Gasteiger partial charge >= 0.3 is 11.9 Å². The molecule has 0 unspecified atom stereocenters. The van der Waals surface area contributed by atoms with Gasteiger partial charge in [0.05, 0.1) is 11.6 Å². The molecule has 0 aliphatic rings. The first-order valence-corrected chi connectivity index (χ1v) is 6.25. The maximum absolute atomic E-state index is 11.4. The second-order valence-corrected chi connectivity index (χ2v) is 4.52. The lowest BCUT2D eigenvalue weighted by Crippen LogP contribution is -2.04. The summed E-state index contributed by atoms with van der Waals surface area (Å²) in [5, 5.41) is 7.98. The number of ether oxygens (including phenoxy) is 1. The maximum Gasteiger partial charge on any atom is 0.396 e. The number of carbonyl (C=O) groups is 1. The summed E-state index contributed by atoms with van der Waals surface area (Å²) in [5.41, 5.74) is 0.661. The van der Waals surface area contributed by atoms with Crippen LogP contribution in [0.15, 0.2) is 27.1 Å². The van der Waals surface area contributed by atoms with Crippen molar-refractivity contribution >= 4 is 33.5 Å². The number of benzene rings is 1. The average Bonchev–Trinajstić information content (AvgIpc) is 2.82. The molecule has 5 nitrogen and oxygen atoms in total. The quantitative estimate of drug-likeness (QED) is 0.807. The minimum Gasteiger partial charge on any atom is -0.459 e. The van der Waals surface area contributed by atoms with E-state index in [2.05, 4.69) is 26.1 Å². The molecule has 0 atom stereocenters. The van der Waals surface area contributed by atoms with Crippen molar-refractivity contribution in [1.29, 1.82) is 0 Å². The summed E-state index contributed by atoms with van der Waals surface area (Å²) in [6.07, 6.45) is 0. The number of carbonyl (C=O) groups excluding carboxylic acids is 1. The van der Waals surface area contributed by atoms with E-state index in [4.69, 9.17) is 20.8 Å². The van der Waals surface area contributed by atoms with Gasteiger partial charge in [-0.3, -0.25) is 0 Å². The van der Waals surface area contributed by atoms with Gasteiger partial charge in [0, 0.05) is 10.0 Å². The maximum atomic E-state index is 11.4. The fourth-order valence-corrected chi connectivity index (χ4v) is 1.74. The molecular formula is C11H8BrClN2O3. The standard InChI is InChI=1S/C11H8BrClN2O3/c1-2-17-11(16)10-15-14-9(18-10)6-3-4-8(13)7(12)5-6/h3-5H,2H2,1H3. The van der Waals surface area contributed by atoms with E-state index >= 15 is 0 Å². The summed E-state index contributed by atoms with van der Waals surface area (Å²) in [5.74, 6) is -0.572. The molecule has 0 amide bonds. The predicted octanol–water partition coefficient (Wildman–Crippen LogP) is 3.33. The number of hydrogen-bond acceptors (Lipinski definition) is 5. The van der Waals surface area contributed by atoms with Crippen LogP contribution in [0.5, 0.6) is 0 Å². The Kier molecular flexibility index (Phi) is 3.98. The van der Waals surface area contributed by atoms with Crippen molar-refractivity contribution in [2.75, 3.05) is 6.61 Å². The van der Waals surface area contributed by atoms with E-state index in [-0.39, 0.29) is 18.4 Å². The van der Waals surface area contributed by atoms with E-state index in [0.29, 0.717) is 15.1 Å². The lowest BCUT2D eigenvalue weighted by molar-refractivity contribution is 0.0481. The second kappa shape index (κ2) is 5.49. The summed E-state index contributed by atoms with van der Waals surface area (Å²) in [4.78, 5) is 11.4. The lowest BCUT2D eigenvalue weighted by atomic mass is 10.2. The molecule has 0 spiro atoms. The van der Waals surface area contributed by atoms with Gasteiger partial charge in [0.25, 0.3) is 0 Å². The highest BCUT2D eigenvalue weighted by molar-refractivity contribution is 9.10. The molecular weight excluding hydrogens is 323 g/mol. The zero-order valence-electron chi connectivity index (χ0n) is 9.31. The van der Waals surface area contributed by atoms with Gasteiger partial charge < -0.3 is 9.15 Å². The van der Waals surface area contributed by atoms with Crippen LogP contribution in [0.4, 0.5) is 0 Å². The van der Waals surface area contributed by atoms with E-state index in [1.165, 1.54) is 0 Å². The number of halogens is 2. The number of hydrogen-bond donors (Lipinski definition) is 0. The van der Waals surface area contributed by atoms with Crippen LogP contribution in [0.3, 0.4) is 0 Å². The molecule has 2 rings (SSSR count). The molecule has 7 heteroatoms. The van der Waals surface area contributed by atoms with Crippen LogP contribution >= 0.6 is 27.5 Å². The van der Waals surface area contributed by atoms with Crippen LogP contribution in [-0.4, -0.2) is 22.8 Å². The molecule has 0 bridgehead atoms. The zero-order chi connectivity index (χ0) is 13.1. The van der Waals surface area contributed by atoms with Crippen LogP contribution in [0.25, 0.3) is 11.5 Å². The van der Waals surface area contributed by atoms with Crippen molar-refractivity contribution in [2.45, 2.75) is 6.92 Å². The van der Waals surface area contributed by atoms with Gasteiger partial charge in [-0.05, 0) is 41.1 Å². The van der Waals surface area contributed by atoms with Crippen molar-refractivity contribution in [3.05, 3.63) is 33.6 Å². The van der Waals surface area contributed by atoms with E-state index in [1.807, 2.05) is 0 Å². The SMILES string of the molecule is CCOC(=O)c1nnc(-c2ccc(Cl)c(Br)c2)o1. The van der Waals surface area contributed by atoms with Crippen molar-refractivity contribution in [2.24, 2.45) is 0 Å². The molecule has 1 aromatic heterocycles. The normalized spacial score (nSPS) is 10.4. The molecule has 0 saturated carbocycles. The largest absolute Gasteiger partial charge is 0.459 e. The number of rotatable bonds is 3. The third kappa shape index (κ3) is 2.70. The monoisotopic (exact) mass is 330 g/mol. The van der Waals surface area contributed by atoms with Gasteiger partial charge in [0.15, 0.2) is 0 Å². The predicted molar refractivity (Wildman–Crippen MR) is 68.4 cm³/mol. The van der Waals surface area contributed by atoms with Crippen molar-refractivity contribution < 1.29 is 13.9 Å². The second-order valence-electron chi connectivity index (χ2n) is 3.26. The number of aromatic nitrogens is 2. The van der Waals surface area contributed by atoms with Gasteiger partial charge in [-0.1, -0.05) is 11.6 Å². The van der Waals surface area contributed by atoms with Crippen LogP contribution in [0, 0.1) is 0 Å². The molecule has 0 fully saturated rings. The Morgan fingerprint density at radius 2 is 2.28 bits per heavy atom. The van der Waals surface area contributed by atoms with Gasteiger partial charge in [0.2, 0.25) is 5.89 Å². The third-order valence-corrected chi connectivity index (χ3v) is 3.26. The van der Waals surface area contributed by atoms with E-state index in [1.54, 1.807) is 25.1 Å². The fraction of sp³-hybridized carbons (Fsp3) is 0.182. The third-order valence-electron chi connectivity index (χ3n) is 2.04. The Labute approximate surface area is 116 Å². The molecule has 1 heterocycles. The minimum atomic E-state index is -0.635. The highest BCUT2D eigenvalue weighted by Gasteiger charge is 2.17. The van der Waals surface area contributed by atoms with Crippen molar-refractivity contribution in [3.8, 4) is 11.5 Å². The molecule has 0 N–H and O–H groups in total. The average molecular weight is 332 g/mol. The Bertz CT molecular complexity index is 585. The van der Waals surface area contributed by atoms with Crippen LogP contribution in [-0.2, 0) is 4.74 Å². The summed E-state index contributed by atoms with van der Waals surface area (Å²) in [6, 6.07) is 5.13. The highest BCUT2D eigenvalue weighted by atomic mass is 79.9. The van der Waals surface area contributed by atoms with Crippen molar-refractivity contribution in [3.63, 3.8) is 0 Å². The fourth-order valence-electron chi connectivity index (χ4n) is 1.24. The van der Waals surface area contributed by atoms with Gasteiger partial charge in [-0.15, -0.1) is 10.2 Å². The molecule has 94 valence electrons. The van der Waals surface area contributed by atoms with Crippen LogP contribution in [0.1, 0.15) is 17.6 Å². The first-order chi connectivity index (χ1) is 8.61. The van der Waals surface area contributed by atoms with Crippen LogP contribution in [0.2, 0.25) is 5.02 Å². The smallest absolute Gasteiger partial charge is 0.396 e. The summed E-state index contributed by atoms with van der Waals surface area (Å²) in [7, 11) is 0. The summed E-state index contributed by atoms with van der Waals surface area (Å²) < 4.78 is 10.7. The summed E-state index contributed by atoms with van der Waals surface area (Å²) in [6.45, 7) is 1.95. The Balaban J connectivity index is 2.29. The van der Waals surface area contributed by atoms with E-state index in [0.717, 1.165) is 0 Å². The molecule has 1 aromatic carbocycles. The molecule has 0 aliphatic heterocycles. The van der Waals surface area contributed by atoms with Gasteiger partial charge in [-0.2, -0.15) is 0 Å². The topological polar surface area (TPSA) is 65.2 Å². The molecule has 0 aliphatic carbocycles.